The van der Waals surface area contributed by atoms with Crippen LogP contribution in [0.1, 0.15) is 53.3 Å². The minimum absolute atomic E-state index is 0.0142. The predicted molar refractivity (Wildman–Crippen MR) is 120 cm³/mol. The number of amides is 1. The van der Waals surface area contributed by atoms with Crippen LogP contribution in [0, 0.1) is 6.92 Å². The summed E-state index contributed by atoms with van der Waals surface area (Å²) in [5.74, 6) is 0.371. The molecular formula is C22H25N5O4S. The second kappa shape index (κ2) is 7.56. The number of pyridine rings is 1. The van der Waals surface area contributed by atoms with E-state index in [4.69, 9.17) is 9.72 Å². The standard InChI is InChI=1S/C22H25N5O4S/c1-12-20-16(11-17(13-4-5-13)23-21(20)27(2)25-12)22(28)24-18-10-15(8-9-19(18)31-3)32(29,30)26-14-6-7-14/h8-11,13-14,26H,4-7H2,1-3H3,(H,24,28). The number of hydrogen-bond donors (Lipinski definition) is 2. The lowest BCUT2D eigenvalue weighted by molar-refractivity contribution is 0.102. The molecule has 0 radical (unpaired) electrons. The minimum Gasteiger partial charge on any atom is -0.495 e. The molecule has 168 valence electrons. The van der Waals surface area contributed by atoms with Gasteiger partial charge in [0.15, 0.2) is 5.65 Å². The third-order valence-electron chi connectivity index (χ3n) is 5.86. The van der Waals surface area contributed by atoms with E-state index in [1.54, 1.807) is 10.7 Å². The normalized spacial score (nSPS) is 16.3. The van der Waals surface area contributed by atoms with Crippen LogP contribution < -0.4 is 14.8 Å². The quantitative estimate of drug-likeness (QED) is 0.566. The van der Waals surface area contributed by atoms with Crippen LogP contribution in [0.15, 0.2) is 29.2 Å². The SMILES string of the molecule is COc1ccc(S(=O)(=O)NC2CC2)cc1NC(=O)c1cc(C2CC2)nc2c1c(C)nn2C. The van der Waals surface area contributed by atoms with Gasteiger partial charge in [-0.3, -0.25) is 9.48 Å². The van der Waals surface area contributed by atoms with Crippen molar-refractivity contribution >= 4 is 32.7 Å². The van der Waals surface area contributed by atoms with Gasteiger partial charge in [-0.25, -0.2) is 18.1 Å². The fraction of sp³-hybridized carbons (Fsp3) is 0.409. The Balaban J connectivity index is 1.53. The van der Waals surface area contributed by atoms with Crippen molar-refractivity contribution in [2.24, 2.45) is 7.05 Å². The Morgan fingerprint density at radius 2 is 1.94 bits per heavy atom. The fourth-order valence-electron chi connectivity index (χ4n) is 3.86. The summed E-state index contributed by atoms with van der Waals surface area (Å²) in [6, 6.07) is 6.26. The Labute approximate surface area is 186 Å². The van der Waals surface area contributed by atoms with Crippen LogP contribution in [0.2, 0.25) is 0 Å². The van der Waals surface area contributed by atoms with Crippen molar-refractivity contribution in [2.45, 2.75) is 49.5 Å². The van der Waals surface area contributed by atoms with E-state index in [1.165, 1.54) is 19.2 Å². The smallest absolute Gasteiger partial charge is 0.256 e. The summed E-state index contributed by atoms with van der Waals surface area (Å²) in [5, 5.41) is 7.98. The van der Waals surface area contributed by atoms with Gasteiger partial charge in [0.2, 0.25) is 10.0 Å². The number of aryl methyl sites for hydroxylation is 2. The van der Waals surface area contributed by atoms with E-state index in [9.17, 15) is 13.2 Å². The Bertz CT molecular complexity index is 1340. The highest BCUT2D eigenvalue weighted by molar-refractivity contribution is 7.89. The molecule has 9 nitrogen and oxygen atoms in total. The topological polar surface area (TPSA) is 115 Å². The Kier molecular flexibility index (Phi) is 4.94. The van der Waals surface area contributed by atoms with Crippen LogP contribution in [-0.4, -0.2) is 42.2 Å². The van der Waals surface area contributed by atoms with E-state index in [-0.39, 0.29) is 22.5 Å². The van der Waals surface area contributed by atoms with E-state index in [0.29, 0.717) is 34.0 Å². The van der Waals surface area contributed by atoms with Crippen molar-refractivity contribution in [2.75, 3.05) is 12.4 Å². The summed E-state index contributed by atoms with van der Waals surface area (Å²) in [5.41, 5.74) is 3.00. The van der Waals surface area contributed by atoms with Gasteiger partial charge in [0.25, 0.3) is 5.91 Å². The second-order valence-electron chi connectivity index (χ2n) is 8.49. The van der Waals surface area contributed by atoms with Crippen LogP contribution in [0.5, 0.6) is 5.75 Å². The number of rotatable bonds is 7. The monoisotopic (exact) mass is 455 g/mol. The van der Waals surface area contributed by atoms with E-state index in [0.717, 1.165) is 31.4 Å². The summed E-state index contributed by atoms with van der Waals surface area (Å²) >= 11 is 0. The molecule has 0 bridgehead atoms. The van der Waals surface area contributed by atoms with Crippen LogP contribution in [0.4, 0.5) is 5.69 Å². The second-order valence-corrected chi connectivity index (χ2v) is 10.2. The third kappa shape index (κ3) is 3.84. The number of methoxy groups -OCH3 is 1. The number of ether oxygens (including phenoxy) is 1. The van der Waals surface area contributed by atoms with Crippen LogP contribution in [0.25, 0.3) is 11.0 Å². The number of aromatic nitrogens is 3. The van der Waals surface area contributed by atoms with Crippen molar-refractivity contribution in [3.63, 3.8) is 0 Å². The molecule has 2 N–H and O–H groups in total. The average Bonchev–Trinajstić information content (AvgIpc) is 3.67. The molecule has 5 rings (SSSR count). The number of nitrogens with one attached hydrogen (secondary N) is 2. The largest absolute Gasteiger partial charge is 0.495 e. The molecule has 2 aliphatic rings. The van der Waals surface area contributed by atoms with Gasteiger partial charge in [-0.2, -0.15) is 5.10 Å². The van der Waals surface area contributed by atoms with Gasteiger partial charge in [-0.15, -0.1) is 0 Å². The maximum atomic E-state index is 13.4. The molecule has 10 heteroatoms. The van der Waals surface area contributed by atoms with E-state index in [2.05, 4.69) is 15.1 Å². The summed E-state index contributed by atoms with van der Waals surface area (Å²) in [7, 11) is -0.388. The van der Waals surface area contributed by atoms with Gasteiger partial charge < -0.3 is 10.1 Å². The maximum absolute atomic E-state index is 13.4. The summed E-state index contributed by atoms with van der Waals surface area (Å²) in [4.78, 5) is 18.2. The van der Waals surface area contributed by atoms with Crippen molar-refractivity contribution in [1.29, 1.82) is 0 Å². The predicted octanol–water partition coefficient (Wildman–Crippen LogP) is 2.86. The number of nitrogens with zero attached hydrogens (tertiary/aromatic N) is 3. The molecule has 0 saturated heterocycles. The number of fused-ring (bicyclic) bond motifs is 1. The summed E-state index contributed by atoms with van der Waals surface area (Å²) < 4.78 is 35.0. The number of carbonyl (C=O) groups is 1. The van der Waals surface area contributed by atoms with Gasteiger partial charge in [0.1, 0.15) is 5.75 Å². The van der Waals surface area contributed by atoms with Gasteiger partial charge in [-0.05, 0) is 56.9 Å². The number of sulfonamides is 1. The molecule has 2 saturated carbocycles. The fourth-order valence-corrected chi connectivity index (χ4v) is 5.19. The van der Waals surface area contributed by atoms with Crippen LogP contribution in [-0.2, 0) is 17.1 Å². The molecule has 2 aliphatic carbocycles. The highest BCUT2D eigenvalue weighted by atomic mass is 32.2. The first-order valence-electron chi connectivity index (χ1n) is 10.6. The molecule has 1 amide bonds. The zero-order chi connectivity index (χ0) is 22.6. The molecule has 2 fully saturated rings. The van der Waals surface area contributed by atoms with E-state index in [1.807, 2.05) is 20.0 Å². The van der Waals surface area contributed by atoms with Gasteiger partial charge in [0.05, 0.1) is 34.3 Å². The molecule has 0 aliphatic heterocycles. The lowest BCUT2D eigenvalue weighted by Crippen LogP contribution is -2.26. The molecule has 0 unspecified atom stereocenters. The third-order valence-corrected chi connectivity index (χ3v) is 7.38. The zero-order valence-electron chi connectivity index (χ0n) is 18.2. The first-order valence-corrected chi connectivity index (χ1v) is 12.1. The summed E-state index contributed by atoms with van der Waals surface area (Å²) in [6.07, 6.45) is 3.78. The van der Waals surface area contributed by atoms with Gasteiger partial charge in [-0.1, -0.05) is 0 Å². The molecule has 32 heavy (non-hydrogen) atoms. The van der Waals surface area contributed by atoms with Crippen molar-refractivity contribution < 1.29 is 17.9 Å². The molecule has 2 aromatic heterocycles. The minimum atomic E-state index is -3.67. The Hall–Kier alpha value is -2.98. The first-order chi connectivity index (χ1) is 15.3. The number of carbonyl (C=O) groups excluding carboxylic acids is 1. The van der Waals surface area contributed by atoms with Gasteiger partial charge >= 0.3 is 0 Å². The molecule has 0 spiro atoms. The first kappa shape index (κ1) is 20.9. The molecule has 3 aromatic rings. The van der Waals surface area contributed by atoms with Gasteiger partial charge in [0, 0.05) is 24.7 Å². The number of hydrogen-bond acceptors (Lipinski definition) is 6. The van der Waals surface area contributed by atoms with Crippen LogP contribution in [0.3, 0.4) is 0 Å². The van der Waals surface area contributed by atoms with E-state index < -0.39 is 10.0 Å². The molecular weight excluding hydrogens is 430 g/mol. The highest BCUT2D eigenvalue weighted by Crippen LogP contribution is 2.40. The lowest BCUT2D eigenvalue weighted by atomic mass is 10.1. The van der Waals surface area contributed by atoms with Crippen molar-refractivity contribution in [3.05, 3.63) is 41.2 Å². The Morgan fingerprint density at radius 1 is 1.19 bits per heavy atom. The Morgan fingerprint density at radius 3 is 2.59 bits per heavy atom. The summed E-state index contributed by atoms with van der Waals surface area (Å²) in [6.45, 7) is 1.84. The maximum Gasteiger partial charge on any atom is 0.256 e. The number of benzene rings is 1. The molecule has 1 aromatic carbocycles. The zero-order valence-corrected chi connectivity index (χ0v) is 19.0. The molecule has 2 heterocycles. The molecule has 0 atom stereocenters. The van der Waals surface area contributed by atoms with Crippen molar-refractivity contribution in [3.8, 4) is 5.75 Å². The lowest BCUT2D eigenvalue weighted by Gasteiger charge is -2.14. The van der Waals surface area contributed by atoms with E-state index >= 15 is 0 Å². The average molecular weight is 456 g/mol. The number of anilines is 1. The van der Waals surface area contributed by atoms with Crippen molar-refractivity contribution in [1.82, 2.24) is 19.5 Å². The highest BCUT2D eigenvalue weighted by Gasteiger charge is 2.30. The van der Waals surface area contributed by atoms with Crippen LogP contribution >= 0.6 is 0 Å².